The van der Waals surface area contributed by atoms with Crippen LogP contribution in [0.3, 0.4) is 0 Å². The summed E-state index contributed by atoms with van der Waals surface area (Å²) < 4.78 is 0. The van der Waals surface area contributed by atoms with E-state index in [2.05, 4.69) is 5.16 Å². The molecule has 0 aromatic rings. The molecular formula is C10H19N3O2. The Balaban J connectivity index is 2.75. The second kappa shape index (κ2) is 4.51. The highest BCUT2D eigenvalue weighted by Crippen LogP contribution is 2.47. The van der Waals surface area contributed by atoms with Crippen LogP contribution in [0.25, 0.3) is 0 Å². The summed E-state index contributed by atoms with van der Waals surface area (Å²) in [4.78, 5) is 13.9. The Bertz CT molecular complexity index is 272. The first kappa shape index (κ1) is 11.8. The minimum Gasteiger partial charge on any atom is -0.409 e. The van der Waals surface area contributed by atoms with Gasteiger partial charge in [-0.1, -0.05) is 12.1 Å². The van der Waals surface area contributed by atoms with Gasteiger partial charge in [-0.15, -0.1) is 0 Å². The second-order valence-electron chi connectivity index (χ2n) is 3.95. The molecule has 1 saturated carbocycles. The molecule has 1 aliphatic rings. The van der Waals surface area contributed by atoms with Gasteiger partial charge in [0.15, 0.2) is 5.84 Å². The molecule has 1 aliphatic carbocycles. The van der Waals surface area contributed by atoms with Crippen molar-refractivity contribution in [3.8, 4) is 0 Å². The average molecular weight is 213 g/mol. The topological polar surface area (TPSA) is 78.9 Å². The van der Waals surface area contributed by atoms with Gasteiger partial charge >= 0.3 is 0 Å². The Hall–Kier alpha value is -1.26. The molecule has 5 nitrogen and oxygen atoms in total. The fourth-order valence-corrected chi connectivity index (χ4v) is 1.78. The summed E-state index contributed by atoms with van der Waals surface area (Å²) in [6.45, 7) is 5.37. The van der Waals surface area contributed by atoms with Crippen LogP contribution < -0.4 is 5.73 Å². The van der Waals surface area contributed by atoms with Crippen LogP contribution in [0.5, 0.6) is 0 Å². The predicted octanol–water partition coefficient (Wildman–Crippen LogP) is 0.771. The van der Waals surface area contributed by atoms with Gasteiger partial charge in [0, 0.05) is 13.1 Å². The molecule has 3 N–H and O–H groups in total. The molecule has 0 aliphatic heterocycles. The van der Waals surface area contributed by atoms with Crippen molar-refractivity contribution in [1.82, 2.24) is 4.90 Å². The summed E-state index contributed by atoms with van der Waals surface area (Å²) in [5.41, 5.74) is 4.86. The molecule has 0 atom stereocenters. The second-order valence-corrected chi connectivity index (χ2v) is 3.95. The van der Waals surface area contributed by atoms with Crippen LogP contribution in [0, 0.1) is 5.41 Å². The van der Waals surface area contributed by atoms with Gasteiger partial charge in [0.05, 0.1) is 0 Å². The van der Waals surface area contributed by atoms with Gasteiger partial charge in [-0.05, 0) is 26.2 Å². The smallest absolute Gasteiger partial charge is 0.236 e. The van der Waals surface area contributed by atoms with E-state index >= 15 is 0 Å². The van der Waals surface area contributed by atoms with E-state index < -0.39 is 5.41 Å². The van der Waals surface area contributed by atoms with Crippen molar-refractivity contribution in [2.45, 2.75) is 33.1 Å². The molecule has 1 amide bonds. The Morgan fingerprint density at radius 1 is 1.53 bits per heavy atom. The number of amidine groups is 1. The molecule has 0 heterocycles. The first-order valence-electron chi connectivity index (χ1n) is 5.39. The molecule has 1 fully saturated rings. The number of nitrogens with zero attached hydrogens (tertiary/aromatic N) is 2. The summed E-state index contributed by atoms with van der Waals surface area (Å²) >= 11 is 0. The van der Waals surface area contributed by atoms with Crippen LogP contribution >= 0.6 is 0 Å². The highest BCUT2D eigenvalue weighted by molar-refractivity contribution is 6.09. The molecule has 15 heavy (non-hydrogen) atoms. The van der Waals surface area contributed by atoms with Gasteiger partial charge in [0.25, 0.3) is 0 Å². The fraction of sp³-hybridized carbons (Fsp3) is 0.800. The van der Waals surface area contributed by atoms with E-state index in [-0.39, 0.29) is 11.7 Å². The van der Waals surface area contributed by atoms with Crippen LogP contribution in [0.2, 0.25) is 0 Å². The van der Waals surface area contributed by atoms with Gasteiger partial charge < -0.3 is 15.8 Å². The molecule has 0 bridgehead atoms. The van der Waals surface area contributed by atoms with Crippen molar-refractivity contribution < 1.29 is 10.0 Å². The van der Waals surface area contributed by atoms with Crippen LogP contribution in [-0.4, -0.2) is 34.9 Å². The van der Waals surface area contributed by atoms with Crippen LogP contribution in [0.4, 0.5) is 0 Å². The molecule has 0 aromatic carbocycles. The summed E-state index contributed by atoms with van der Waals surface area (Å²) in [6, 6.07) is 0. The maximum Gasteiger partial charge on any atom is 0.236 e. The van der Waals surface area contributed by atoms with Crippen LogP contribution in [0.15, 0.2) is 5.16 Å². The van der Waals surface area contributed by atoms with E-state index in [0.717, 1.165) is 13.0 Å². The van der Waals surface area contributed by atoms with Crippen molar-refractivity contribution in [3.05, 3.63) is 0 Å². The Kier molecular flexibility index (Phi) is 3.55. The molecule has 86 valence electrons. The zero-order valence-electron chi connectivity index (χ0n) is 9.36. The lowest BCUT2D eigenvalue weighted by Gasteiger charge is -2.25. The quantitative estimate of drug-likeness (QED) is 0.306. The summed E-state index contributed by atoms with van der Waals surface area (Å²) in [6.07, 6.45) is 2.32. The third kappa shape index (κ3) is 2.06. The average Bonchev–Trinajstić information content (AvgIpc) is 3.05. The molecule has 0 radical (unpaired) electrons. The Morgan fingerprint density at radius 3 is 2.47 bits per heavy atom. The van der Waals surface area contributed by atoms with Gasteiger partial charge in [0.1, 0.15) is 5.41 Å². The van der Waals surface area contributed by atoms with Crippen LogP contribution in [0.1, 0.15) is 33.1 Å². The number of rotatable bonds is 5. The molecule has 5 heteroatoms. The standard InChI is InChI=1S/C10H19N3O2/c1-3-7-13(4-2)9(14)10(5-6-10)8(11)12-15/h15H,3-7H2,1-2H3,(H2,11,12). The zero-order valence-corrected chi connectivity index (χ0v) is 9.36. The van der Waals surface area contributed by atoms with Crippen molar-refractivity contribution in [2.75, 3.05) is 13.1 Å². The third-order valence-electron chi connectivity index (χ3n) is 2.92. The van der Waals surface area contributed by atoms with Crippen molar-refractivity contribution in [1.29, 1.82) is 0 Å². The first-order valence-corrected chi connectivity index (χ1v) is 5.39. The van der Waals surface area contributed by atoms with Gasteiger partial charge in [-0.25, -0.2) is 0 Å². The predicted molar refractivity (Wildman–Crippen MR) is 57.6 cm³/mol. The third-order valence-corrected chi connectivity index (χ3v) is 2.92. The Morgan fingerprint density at radius 2 is 2.13 bits per heavy atom. The lowest BCUT2D eigenvalue weighted by Crippen LogP contribution is -2.43. The maximum absolute atomic E-state index is 12.1. The largest absolute Gasteiger partial charge is 0.409 e. The zero-order chi connectivity index (χ0) is 11.5. The maximum atomic E-state index is 12.1. The molecule has 0 unspecified atom stereocenters. The molecule has 1 rings (SSSR count). The highest BCUT2D eigenvalue weighted by atomic mass is 16.4. The van der Waals surface area contributed by atoms with E-state index in [0.29, 0.717) is 19.4 Å². The fourth-order valence-electron chi connectivity index (χ4n) is 1.78. The van der Waals surface area contributed by atoms with Crippen molar-refractivity contribution >= 4 is 11.7 Å². The van der Waals surface area contributed by atoms with Gasteiger partial charge in [0.2, 0.25) is 5.91 Å². The molecule has 0 spiro atoms. The van der Waals surface area contributed by atoms with E-state index in [1.165, 1.54) is 0 Å². The van der Waals surface area contributed by atoms with Crippen molar-refractivity contribution in [2.24, 2.45) is 16.3 Å². The number of carbonyl (C=O) groups excluding carboxylic acids is 1. The number of oxime groups is 1. The summed E-state index contributed by atoms with van der Waals surface area (Å²) in [7, 11) is 0. The SMILES string of the molecule is CCCN(CC)C(=O)C1(C(N)=NO)CC1. The normalized spacial score (nSPS) is 18.7. The molecule has 0 saturated heterocycles. The number of nitrogens with two attached hydrogens (primary N) is 1. The minimum absolute atomic E-state index is 0.00199. The van der Waals surface area contributed by atoms with Crippen molar-refractivity contribution in [3.63, 3.8) is 0 Å². The Labute approximate surface area is 89.9 Å². The number of hydrogen-bond acceptors (Lipinski definition) is 3. The minimum atomic E-state index is -0.695. The van der Waals surface area contributed by atoms with E-state index in [9.17, 15) is 4.79 Å². The first-order chi connectivity index (χ1) is 7.12. The number of amides is 1. The van der Waals surface area contributed by atoms with E-state index in [1.54, 1.807) is 4.90 Å². The van der Waals surface area contributed by atoms with E-state index in [1.807, 2.05) is 13.8 Å². The van der Waals surface area contributed by atoms with Crippen LogP contribution in [-0.2, 0) is 4.79 Å². The number of hydrogen-bond donors (Lipinski definition) is 2. The highest BCUT2D eigenvalue weighted by Gasteiger charge is 2.55. The molecular weight excluding hydrogens is 194 g/mol. The lowest BCUT2D eigenvalue weighted by molar-refractivity contribution is -0.134. The lowest BCUT2D eigenvalue weighted by atomic mass is 10.0. The number of carbonyl (C=O) groups is 1. The summed E-state index contributed by atoms with van der Waals surface area (Å²) in [5, 5.41) is 11.6. The molecule has 0 aromatic heterocycles. The van der Waals surface area contributed by atoms with Gasteiger partial charge in [-0.2, -0.15) is 0 Å². The summed E-state index contributed by atoms with van der Waals surface area (Å²) in [5.74, 6) is 0.0594. The van der Waals surface area contributed by atoms with Gasteiger partial charge in [-0.3, -0.25) is 4.79 Å². The van der Waals surface area contributed by atoms with E-state index in [4.69, 9.17) is 10.9 Å². The monoisotopic (exact) mass is 213 g/mol.